The highest BCUT2D eigenvalue weighted by molar-refractivity contribution is 5.73. The van der Waals surface area contributed by atoms with Crippen LogP contribution in [0.5, 0.6) is 5.75 Å². The van der Waals surface area contributed by atoms with E-state index in [-0.39, 0.29) is 17.6 Å². The third-order valence-corrected chi connectivity index (χ3v) is 3.83. The number of benzene rings is 1. The summed E-state index contributed by atoms with van der Waals surface area (Å²) in [5.74, 6) is 0.274. The number of nitro benzene ring substituents is 1. The standard InChI is InChI=1S/C15H20N2O5/c1-3-22-15(18)11-6-8-16(9-7-11)14-10-12(21-2)4-5-13(14)17(19)20/h4-5,10-11H,3,6-9H2,1-2H3. The van der Waals surface area contributed by atoms with E-state index in [9.17, 15) is 14.9 Å². The predicted octanol–water partition coefficient (Wildman–Crippen LogP) is 2.38. The lowest BCUT2D eigenvalue weighted by Crippen LogP contribution is -2.37. The molecular weight excluding hydrogens is 288 g/mol. The van der Waals surface area contributed by atoms with Gasteiger partial charge >= 0.3 is 5.97 Å². The number of carbonyl (C=O) groups excluding carboxylic acids is 1. The first-order valence-corrected chi connectivity index (χ1v) is 7.30. The summed E-state index contributed by atoms with van der Waals surface area (Å²) >= 11 is 0. The van der Waals surface area contributed by atoms with E-state index in [1.54, 1.807) is 19.1 Å². The van der Waals surface area contributed by atoms with Crippen LogP contribution in [0.1, 0.15) is 19.8 Å². The average Bonchev–Trinajstić information content (AvgIpc) is 2.54. The van der Waals surface area contributed by atoms with Gasteiger partial charge in [-0.3, -0.25) is 14.9 Å². The van der Waals surface area contributed by atoms with Crippen LogP contribution >= 0.6 is 0 Å². The lowest BCUT2D eigenvalue weighted by atomic mass is 9.96. The maximum atomic E-state index is 11.7. The molecule has 0 saturated carbocycles. The monoisotopic (exact) mass is 308 g/mol. The summed E-state index contributed by atoms with van der Waals surface area (Å²) in [7, 11) is 1.53. The average molecular weight is 308 g/mol. The first kappa shape index (κ1) is 16.1. The Labute approximate surface area is 129 Å². The van der Waals surface area contributed by atoms with Gasteiger partial charge in [0.25, 0.3) is 5.69 Å². The van der Waals surface area contributed by atoms with Gasteiger partial charge in [-0.25, -0.2) is 0 Å². The number of rotatable bonds is 5. The van der Waals surface area contributed by atoms with Crippen molar-refractivity contribution >= 4 is 17.3 Å². The van der Waals surface area contributed by atoms with E-state index in [0.29, 0.717) is 44.0 Å². The second kappa shape index (κ2) is 7.11. The van der Waals surface area contributed by atoms with Crippen LogP contribution in [0.3, 0.4) is 0 Å². The fraction of sp³-hybridized carbons (Fsp3) is 0.533. The fourth-order valence-corrected chi connectivity index (χ4v) is 2.65. The molecule has 2 rings (SSSR count). The van der Waals surface area contributed by atoms with Crippen LogP contribution < -0.4 is 9.64 Å². The van der Waals surface area contributed by atoms with Crippen LogP contribution in [0.2, 0.25) is 0 Å². The number of methoxy groups -OCH3 is 1. The summed E-state index contributed by atoms with van der Waals surface area (Å²) in [6, 6.07) is 4.70. The summed E-state index contributed by atoms with van der Waals surface area (Å²) in [5, 5.41) is 11.2. The molecule has 22 heavy (non-hydrogen) atoms. The van der Waals surface area contributed by atoms with E-state index in [2.05, 4.69) is 0 Å². The number of hydrogen-bond acceptors (Lipinski definition) is 6. The molecule has 0 bridgehead atoms. The van der Waals surface area contributed by atoms with E-state index in [4.69, 9.17) is 9.47 Å². The molecule has 0 N–H and O–H groups in total. The Bertz CT molecular complexity index is 553. The zero-order chi connectivity index (χ0) is 16.1. The number of nitro groups is 1. The van der Waals surface area contributed by atoms with Gasteiger partial charge in [0.05, 0.1) is 24.6 Å². The molecule has 0 unspecified atom stereocenters. The van der Waals surface area contributed by atoms with Crippen molar-refractivity contribution in [3.05, 3.63) is 28.3 Å². The van der Waals surface area contributed by atoms with Crippen LogP contribution in [0, 0.1) is 16.0 Å². The number of hydrogen-bond donors (Lipinski definition) is 0. The van der Waals surface area contributed by atoms with Crippen molar-refractivity contribution in [3.8, 4) is 5.75 Å². The zero-order valence-corrected chi connectivity index (χ0v) is 12.8. The van der Waals surface area contributed by atoms with E-state index >= 15 is 0 Å². The number of piperidine rings is 1. The summed E-state index contributed by atoms with van der Waals surface area (Å²) in [6.07, 6.45) is 1.26. The largest absolute Gasteiger partial charge is 0.497 e. The SMILES string of the molecule is CCOC(=O)C1CCN(c2cc(OC)ccc2[N+](=O)[O-])CC1. The summed E-state index contributed by atoms with van der Waals surface area (Å²) in [4.78, 5) is 24.5. The predicted molar refractivity (Wildman–Crippen MR) is 81.2 cm³/mol. The van der Waals surface area contributed by atoms with Crippen LogP contribution in [-0.2, 0) is 9.53 Å². The molecule has 0 aromatic heterocycles. The zero-order valence-electron chi connectivity index (χ0n) is 12.8. The molecule has 1 heterocycles. The van der Waals surface area contributed by atoms with Crippen molar-refractivity contribution in [3.63, 3.8) is 0 Å². The second-order valence-electron chi connectivity index (χ2n) is 5.13. The van der Waals surface area contributed by atoms with Crippen LogP contribution in [0.25, 0.3) is 0 Å². The smallest absolute Gasteiger partial charge is 0.309 e. The van der Waals surface area contributed by atoms with Crippen molar-refractivity contribution in [1.29, 1.82) is 0 Å². The third-order valence-electron chi connectivity index (χ3n) is 3.83. The van der Waals surface area contributed by atoms with Gasteiger partial charge in [0.2, 0.25) is 0 Å². The number of esters is 1. The molecule has 1 aliphatic heterocycles. The van der Waals surface area contributed by atoms with Crippen molar-refractivity contribution in [2.24, 2.45) is 5.92 Å². The topological polar surface area (TPSA) is 81.9 Å². The van der Waals surface area contributed by atoms with E-state index < -0.39 is 4.92 Å². The van der Waals surface area contributed by atoms with Crippen molar-refractivity contribution in [1.82, 2.24) is 0 Å². The lowest BCUT2D eigenvalue weighted by molar-refractivity contribution is -0.384. The molecular formula is C15H20N2O5. The molecule has 1 aromatic rings. The number of ether oxygens (including phenoxy) is 2. The Kier molecular flexibility index (Phi) is 5.19. The molecule has 0 amide bonds. The summed E-state index contributed by atoms with van der Waals surface area (Å²) in [5.41, 5.74) is 0.585. The molecule has 7 heteroatoms. The number of nitrogens with zero attached hydrogens (tertiary/aromatic N) is 2. The van der Waals surface area contributed by atoms with Gasteiger partial charge < -0.3 is 14.4 Å². The first-order chi connectivity index (χ1) is 10.6. The minimum Gasteiger partial charge on any atom is -0.497 e. The van der Waals surface area contributed by atoms with Crippen molar-refractivity contribution in [2.75, 3.05) is 31.7 Å². The Hall–Kier alpha value is -2.31. The van der Waals surface area contributed by atoms with Gasteiger partial charge in [-0.15, -0.1) is 0 Å². The van der Waals surface area contributed by atoms with Gasteiger partial charge in [0.15, 0.2) is 0 Å². The van der Waals surface area contributed by atoms with Crippen molar-refractivity contribution < 1.29 is 19.2 Å². The van der Waals surface area contributed by atoms with Crippen LogP contribution in [-0.4, -0.2) is 37.7 Å². The highest BCUT2D eigenvalue weighted by Crippen LogP contribution is 2.34. The molecule has 120 valence electrons. The van der Waals surface area contributed by atoms with Gasteiger partial charge in [-0.1, -0.05) is 0 Å². The highest BCUT2D eigenvalue weighted by Gasteiger charge is 2.29. The molecule has 0 radical (unpaired) electrons. The number of anilines is 1. The molecule has 0 spiro atoms. The molecule has 0 aliphatic carbocycles. The first-order valence-electron chi connectivity index (χ1n) is 7.30. The number of carbonyl (C=O) groups is 1. The molecule has 1 fully saturated rings. The van der Waals surface area contributed by atoms with E-state index in [1.165, 1.54) is 13.2 Å². The third kappa shape index (κ3) is 3.47. The molecule has 1 aromatic carbocycles. The molecule has 1 aliphatic rings. The Morgan fingerprint density at radius 2 is 2.09 bits per heavy atom. The van der Waals surface area contributed by atoms with Crippen LogP contribution in [0.4, 0.5) is 11.4 Å². The van der Waals surface area contributed by atoms with Crippen molar-refractivity contribution in [2.45, 2.75) is 19.8 Å². The Balaban J connectivity index is 2.13. The summed E-state index contributed by atoms with van der Waals surface area (Å²) < 4.78 is 10.2. The van der Waals surface area contributed by atoms with Gasteiger partial charge in [-0.05, 0) is 25.8 Å². The van der Waals surface area contributed by atoms with Gasteiger partial charge in [0.1, 0.15) is 11.4 Å². The quantitative estimate of drug-likeness (QED) is 0.472. The minimum atomic E-state index is -0.397. The lowest BCUT2D eigenvalue weighted by Gasteiger charge is -2.32. The maximum absolute atomic E-state index is 11.7. The van der Waals surface area contributed by atoms with Gasteiger partial charge in [-0.2, -0.15) is 0 Å². The Morgan fingerprint density at radius 1 is 1.41 bits per heavy atom. The van der Waals surface area contributed by atoms with Gasteiger partial charge in [0, 0.05) is 25.2 Å². The summed E-state index contributed by atoms with van der Waals surface area (Å²) in [6.45, 7) is 3.32. The second-order valence-corrected chi connectivity index (χ2v) is 5.13. The molecule has 0 atom stereocenters. The molecule has 1 saturated heterocycles. The Morgan fingerprint density at radius 3 is 2.64 bits per heavy atom. The maximum Gasteiger partial charge on any atom is 0.309 e. The fourth-order valence-electron chi connectivity index (χ4n) is 2.65. The van der Waals surface area contributed by atoms with E-state index in [1.807, 2.05) is 4.90 Å². The van der Waals surface area contributed by atoms with E-state index in [0.717, 1.165) is 0 Å². The van der Waals surface area contributed by atoms with Crippen LogP contribution in [0.15, 0.2) is 18.2 Å². The molecule has 7 nitrogen and oxygen atoms in total. The minimum absolute atomic E-state index is 0.0513. The highest BCUT2D eigenvalue weighted by atomic mass is 16.6. The normalized spacial score (nSPS) is 15.5.